The Kier molecular flexibility index (Phi) is 6.49. The Hall–Kier alpha value is -1.99. The molecule has 0 aliphatic heterocycles. The summed E-state index contributed by atoms with van der Waals surface area (Å²) >= 11 is 3.45. The zero-order valence-corrected chi connectivity index (χ0v) is 14.7. The largest absolute Gasteiger partial charge is 0.385 e. The molecule has 0 radical (unpaired) electrons. The minimum absolute atomic E-state index is 0.275. The highest BCUT2D eigenvalue weighted by atomic mass is 79.9. The van der Waals surface area contributed by atoms with Crippen molar-refractivity contribution in [3.05, 3.63) is 46.3 Å². The number of anilines is 2. The number of rotatable bonds is 7. The molecular weight excluding hydrogens is 360 g/mol. The highest BCUT2D eigenvalue weighted by Gasteiger charge is 2.09. The molecule has 0 unspecified atom stereocenters. The van der Waals surface area contributed by atoms with Gasteiger partial charge in [0, 0.05) is 36.5 Å². The number of carbonyl (C=O) groups excluding carboxylic acids is 1. The predicted molar refractivity (Wildman–Crippen MR) is 93.8 cm³/mol. The summed E-state index contributed by atoms with van der Waals surface area (Å²) in [5.74, 6) is 0.342. The van der Waals surface area contributed by atoms with Crippen LogP contribution in [-0.2, 0) is 4.74 Å². The van der Waals surface area contributed by atoms with Gasteiger partial charge in [-0.15, -0.1) is 0 Å². The number of methoxy groups -OCH3 is 1. The van der Waals surface area contributed by atoms with Crippen LogP contribution in [0.25, 0.3) is 0 Å². The summed E-state index contributed by atoms with van der Waals surface area (Å²) in [6, 6.07) is 7.27. The third-order valence-corrected chi connectivity index (χ3v) is 4.02. The predicted octanol–water partition coefficient (Wildman–Crippen LogP) is 3.25. The Balaban J connectivity index is 2.00. The van der Waals surface area contributed by atoms with Crippen LogP contribution in [-0.4, -0.2) is 36.1 Å². The number of nitrogens with zero attached hydrogens (tertiary/aromatic N) is 2. The summed E-state index contributed by atoms with van der Waals surface area (Å²) in [6.45, 7) is 3.38. The molecule has 0 atom stereocenters. The summed E-state index contributed by atoms with van der Waals surface area (Å²) in [5.41, 5.74) is 2.12. The number of nitrogens with one attached hydrogen (secondary N) is 2. The van der Waals surface area contributed by atoms with Crippen LogP contribution in [0, 0.1) is 6.92 Å². The van der Waals surface area contributed by atoms with Crippen LogP contribution >= 0.6 is 15.9 Å². The van der Waals surface area contributed by atoms with Gasteiger partial charge >= 0.3 is 0 Å². The van der Waals surface area contributed by atoms with Gasteiger partial charge < -0.3 is 15.4 Å². The molecule has 23 heavy (non-hydrogen) atoms. The second-order valence-corrected chi connectivity index (χ2v) is 5.83. The van der Waals surface area contributed by atoms with Gasteiger partial charge in [-0.1, -0.05) is 22.0 Å². The number of aryl methyl sites for hydroxylation is 1. The van der Waals surface area contributed by atoms with E-state index >= 15 is 0 Å². The molecular formula is C16H19BrN4O2. The number of halogens is 1. The Bertz CT molecular complexity index is 679. The molecule has 0 aliphatic carbocycles. The van der Waals surface area contributed by atoms with E-state index in [9.17, 15) is 4.79 Å². The van der Waals surface area contributed by atoms with E-state index < -0.39 is 0 Å². The van der Waals surface area contributed by atoms with Crippen molar-refractivity contribution in [1.82, 2.24) is 9.97 Å². The van der Waals surface area contributed by atoms with Crippen LogP contribution in [0.2, 0.25) is 0 Å². The number of amides is 1. The standard InChI is InChI=1S/C16H19BrN4O2/c1-11-4-5-12(8-13(11)17)21-16(22)14-9-15(20-10-19-14)18-6-3-7-23-2/h4-5,8-10H,3,6-7H2,1-2H3,(H,21,22)(H,18,19,20). The molecule has 6 nitrogen and oxygen atoms in total. The van der Waals surface area contributed by atoms with Crippen LogP contribution in [0.5, 0.6) is 0 Å². The molecule has 0 saturated heterocycles. The van der Waals surface area contributed by atoms with Gasteiger partial charge in [0.15, 0.2) is 0 Å². The van der Waals surface area contributed by atoms with Gasteiger partial charge in [-0.2, -0.15) is 0 Å². The maximum absolute atomic E-state index is 12.3. The normalized spacial score (nSPS) is 10.4. The van der Waals surface area contributed by atoms with Gasteiger partial charge in [0.2, 0.25) is 0 Å². The third-order valence-electron chi connectivity index (χ3n) is 3.16. The molecule has 1 aromatic heterocycles. The molecule has 2 aromatic rings. The lowest BCUT2D eigenvalue weighted by atomic mass is 10.2. The summed E-state index contributed by atoms with van der Waals surface area (Å²) in [6.07, 6.45) is 2.23. The van der Waals surface area contributed by atoms with Gasteiger partial charge in [0.05, 0.1) is 0 Å². The molecule has 122 valence electrons. The molecule has 2 rings (SSSR count). The van der Waals surface area contributed by atoms with Crippen molar-refractivity contribution < 1.29 is 9.53 Å². The topological polar surface area (TPSA) is 76.1 Å². The number of hydrogen-bond donors (Lipinski definition) is 2. The molecule has 1 aromatic carbocycles. The average Bonchev–Trinajstić information content (AvgIpc) is 2.55. The maximum Gasteiger partial charge on any atom is 0.274 e. The van der Waals surface area contributed by atoms with Gasteiger partial charge in [-0.25, -0.2) is 9.97 Å². The molecule has 0 bridgehead atoms. The molecule has 7 heteroatoms. The van der Waals surface area contributed by atoms with Crippen LogP contribution < -0.4 is 10.6 Å². The highest BCUT2D eigenvalue weighted by molar-refractivity contribution is 9.10. The minimum atomic E-state index is -0.275. The first-order valence-electron chi connectivity index (χ1n) is 7.22. The summed E-state index contributed by atoms with van der Waals surface area (Å²) < 4.78 is 5.93. The van der Waals surface area contributed by atoms with E-state index in [0.29, 0.717) is 23.8 Å². The number of carbonyl (C=O) groups is 1. The van der Waals surface area contributed by atoms with Crippen molar-refractivity contribution in [1.29, 1.82) is 0 Å². The van der Waals surface area contributed by atoms with Crippen LogP contribution in [0.15, 0.2) is 35.1 Å². The van der Waals surface area contributed by atoms with Crippen molar-refractivity contribution in [2.24, 2.45) is 0 Å². The summed E-state index contributed by atoms with van der Waals surface area (Å²) in [4.78, 5) is 20.4. The van der Waals surface area contributed by atoms with E-state index in [4.69, 9.17) is 4.74 Å². The van der Waals surface area contributed by atoms with Gasteiger partial charge in [0.1, 0.15) is 17.8 Å². The fraction of sp³-hybridized carbons (Fsp3) is 0.312. The van der Waals surface area contributed by atoms with Gasteiger partial charge in [0.25, 0.3) is 5.91 Å². The lowest BCUT2D eigenvalue weighted by Crippen LogP contribution is -2.15. The zero-order chi connectivity index (χ0) is 16.7. The maximum atomic E-state index is 12.3. The fourth-order valence-corrected chi connectivity index (χ4v) is 2.26. The van der Waals surface area contributed by atoms with Crippen LogP contribution in [0.3, 0.4) is 0 Å². The molecule has 0 aliphatic rings. The Labute approximate surface area is 143 Å². The molecule has 0 spiro atoms. The number of hydrogen-bond acceptors (Lipinski definition) is 5. The van der Waals surface area contributed by atoms with Crippen molar-refractivity contribution in [2.45, 2.75) is 13.3 Å². The third kappa shape index (κ3) is 5.30. The second-order valence-electron chi connectivity index (χ2n) is 4.98. The molecule has 0 fully saturated rings. The first-order chi connectivity index (χ1) is 11.1. The lowest BCUT2D eigenvalue weighted by molar-refractivity contribution is 0.102. The van der Waals surface area contributed by atoms with E-state index in [1.54, 1.807) is 13.2 Å². The number of benzene rings is 1. The van der Waals surface area contributed by atoms with E-state index in [2.05, 4.69) is 36.5 Å². The first-order valence-corrected chi connectivity index (χ1v) is 8.02. The zero-order valence-electron chi connectivity index (χ0n) is 13.1. The fourth-order valence-electron chi connectivity index (χ4n) is 1.88. The van der Waals surface area contributed by atoms with Crippen molar-refractivity contribution in [3.63, 3.8) is 0 Å². The van der Waals surface area contributed by atoms with E-state index in [-0.39, 0.29) is 5.91 Å². The molecule has 1 amide bonds. The summed E-state index contributed by atoms with van der Waals surface area (Å²) in [5, 5.41) is 5.96. The quantitative estimate of drug-likeness (QED) is 0.723. The van der Waals surface area contributed by atoms with E-state index in [1.165, 1.54) is 6.33 Å². The Morgan fingerprint density at radius 3 is 2.87 bits per heavy atom. The minimum Gasteiger partial charge on any atom is -0.385 e. The number of ether oxygens (including phenoxy) is 1. The lowest BCUT2D eigenvalue weighted by Gasteiger charge is -2.08. The van der Waals surface area contributed by atoms with Gasteiger partial charge in [-0.05, 0) is 31.0 Å². The average molecular weight is 379 g/mol. The van der Waals surface area contributed by atoms with Gasteiger partial charge in [-0.3, -0.25) is 4.79 Å². The SMILES string of the molecule is COCCCNc1cc(C(=O)Nc2ccc(C)c(Br)c2)ncn1. The molecule has 2 N–H and O–H groups in total. The van der Waals surface area contributed by atoms with E-state index in [0.717, 1.165) is 23.0 Å². The second kappa shape index (κ2) is 8.59. The smallest absolute Gasteiger partial charge is 0.274 e. The first kappa shape index (κ1) is 17.4. The highest BCUT2D eigenvalue weighted by Crippen LogP contribution is 2.21. The van der Waals surface area contributed by atoms with Crippen molar-refractivity contribution >= 4 is 33.3 Å². The van der Waals surface area contributed by atoms with Crippen LogP contribution in [0.4, 0.5) is 11.5 Å². The van der Waals surface area contributed by atoms with Crippen molar-refractivity contribution in [2.75, 3.05) is 30.9 Å². The van der Waals surface area contributed by atoms with Crippen molar-refractivity contribution in [3.8, 4) is 0 Å². The van der Waals surface area contributed by atoms with Crippen LogP contribution in [0.1, 0.15) is 22.5 Å². The van der Waals surface area contributed by atoms with E-state index in [1.807, 2.05) is 25.1 Å². The Morgan fingerprint density at radius 2 is 2.13 bits per heavy atom. The molecule has 0 saturated carbocycles. The summed E-state index contributed by atoms with van der Waals surface area (Å²) in [7, 11) is 1.66. The Morgan fingerprint density at radius 1 is 1.30 bits per heavy atom. The molecule has 1 heterocycles. The number of aromatic nitrogens is 2. The monoisotopic (exact) mass is 378 g/mol.